The van der Waals surface area contributed by atoms with Crippen LogP contribution in [-0.2, 0) is 4.79 Å². The lowest BCUT2D eigenvalue weighted by atomic mass is 10.1. The second-order valence-electron chi connectivity index (χ2n) is 4.39. The standard InChI is InChI=1S/C12H11Br2FN2OS/c1-5(2)9(14)11(18)17-12-16-10-7(15)3-6(13)4-8(10)19-12/h3-5,9H,1-2H3,(H,16,17,18). The summed E-state index contributed by atoms with van der Waals surface area (Å²) < 4.78 is 15.0. The summed E-state index contributed by atoms with van der Waals surface area (Å²) in [6.45, 7) is 3.88. The number of carbonyl (C=O) groups excluding carboxylic acids is 1. The van der Waals surface area contributed by atoms with Gasteiger partial charge in [0.2, 0.25) is 5.91 Å². The number of thiazole rings is 1. The predicted octanol–water partition coefficient (Wildman–Crippen LogP) is 4.56. The van der Waals surface area contributed by atoms with E-state index in [0.717, 1.165) is 0 Å². The van der Waals surface area contributed by atoms with Crippen LogP contribution in [0.5, 0.6) is 0 Å². The van der Waals surface area contributed by atoms with Gasteiger partial charge in [-0.05, 0) is 18.1 Å². The lowest BCUT2D eigenvalue weighted by Gasteiger charge is -2.11. The molecule has 0 fully saturated rings. The number of anilines is 1. The van der Waals surface area contributed by atoms with E-state index in [0.29, 0.717) is 14.3 Å². The number of nitrogens with zero attached hydrogens (tertiary/aromatic N) is 1. The van der Waals surface area contributed by atoms with Crippen LogP contribution in [0.25, 0.3) is 10.2 Å². The monoisotopic (exact) mass is 408 g/mol. The van der Waals surface area contributed by atoms with Crippen molar-refractivity contribution in [3.05, 3.63) is 22.4 Å². The third kappa shape index (κ3) is 3.32. The zero-order chi connectivity index (χ0) is 14.2. The van der Waals surface area contributed by atoms with Gasteiger partial charge < -0.3 is 5.32 Å². The molecular weight excluding hydrogens is 399 g/mol. The van der Waals surface area contributed by atoms with Crippen LogP contribution in [0.3, 0.4) is 0 Å². The lowest BCUT2D eigenvalue weighted by Crippen LogP contribution is -2.26. The number of alkyl halides is 1. The molecule has 0 aliphatic rings. The van der Waals surface area contributed by atoms with Gasteiger partial charge in [-0.3, -0.25) is 4.79 Å². The molecule has 0 saturated carbocycles. The first-order valence-corrected chi connectivity index (χ1v) is 8.11. The van der Waals surface area contributed by atoms with Crippen LogP contribution >= 0.6 is 43.2 Å². The van der Waals surface area contributed by atoms with Crippen LogP contribution in [-0.4, -0.2) is 15.7 Å². The number of carbonyl (C=O) groups is 1. The molecule has 0 aliphatic carbocycles. The molecule has 1 aromatic heterocycles. The van der Waals surface area contributed by atoms with E-state index in [1.54, 1.807) is 6.07 Å². The summed E-state index contributed by atoms with van der Waals surface area (Å²) in [5.41, 5.74) is 0.277. The molecule has 2 aromatic rings. The summed E-state index contributed by atoms with van der Waals surface area (Å²) in [5, 5.41) is 3.10. The third-order valence-electron chi connectivity index (χ3n) is 2.48. The first-order valence-electron chi connectivity index (χ1n) is 5.59. The van der Waals surface area contributed by atoms with Crippen LogP contribution in [0, 0.1) is 11.7 Å². The summed E-state index contributed by atoms with van der Waals surface area (Å²) in [6.07, 6.45) is 0. The second-order valence-corrected chi connectivity index (χ2v) is 7.32. The topological polar surface area (TPSA) is 42.0 Å². The zero-order valence-electron chi connectivity index (χ0n) is 10.2. The molecule has 0 saturated heterocycles. The molecule has 1 heterocycles. The molecule has 1 atom stereocenters. The van der Waals surface area contributed by atoms with E-state index in [1.807, 2.05) is 13.8 Å². The van der Waals surface area contributed by atoms with Gasteiger partial charge in [0.25, 0.3) is 0 Å². The highest BCUT2D eigenvalue weighted by Crippen LogP contribution is 2.31. The van der Waals surface area contributed by atoms with Crippen molar-refractivity contribution in [3.8, 4) is 0 Å². The maximum Gasteiger partial charge on any atom is 0.240 e. The average molecular weight is 410 g/mol. The Kier molecular flexibility index (Phi) is 4.58. The van der Waals surface area contributed by atoms with Gasteiger partial charge >= 0.3 is 0 Å². The lowest BCUT2D eigenvalue weighted by molar-refractivity contribution is -0.116. The number of nitrogens with one attached hydrogen (secondary N) is 1. The van der Waals surface area contributed by atoms with Gasteiger partial charge in [-0.15, -0.1) is 0 Å². The molecule has 0 spiro atoms. The summed E-state index contributed by atoms with van der Waals surface area (Å²) in [6, 6.07) is 3.13. The number of hydrogen-bond donors (Lipinski definition) is 1. The van der Waals surface area contributed by atoms with Crippen molar-refractivity contribution in [2.24, 2.45) is 5.92 Å². The zero-order valence-corrected chi connectivity index (χ0v) is 14.2. The van der Waals surface area contributed by atoms with Gasteiger partial charge in [0.15, 0.2) is 10.9 Å². The molecule has 102 valence electrons. The Bertz CT molecular complexity index is 629. The van der Waals surface area contributed by atoms with Gasteiger partial charge in [-0.1, -0.05) is 57.0 Å². The summed E-state index contributed by atoms with van der Waals surface area (Å²) >= 11 is 7.80. The van der Waals surface area contributed by atoms with Crippen LogP contribution in [0.15, 0.2) is 16.6 Å². The normalized spacial score (nSPS) is 12.9. The van der Waals surface area contributed by atoms with Crippen LogP contribution in [0.4, 0.5) is 9.52 Å². The van der Waals surface area contributed by atoms with Crippen LogP contribution < -0.4 is 5.32 Å². The van der Waals surface area contributed by atoms with Crippen molar-refractivity contribution in [3.63, 3.8) is 0 Å². The molecule has 1 unspecified atom stereocenters. The van der Waals surface area contributed by atoms with Crippen LogP contribution in [0.1, 0.15) is 13.8 Å². The number of hydrogen-bond acceptors (Lipinski definition) is 3. The third-order valence-corrected chi connectivity index (χ3v) is 5.33. The fourth-order valence-corrected chi connectivity index (χ4v) is 3.11. The minimum absolute atomic E-state index is 0.167. The SMILES string of the molecule is CC(C)C(Br)C(=O)Nc1nc2c(F)cc(Br)cc2s1. The van der Waals surface area contributed by atoms with Crippen molar-refractivity contribution >= 4 is 64.5 Å². The predicted molar refractivity (Wildman–Crippen MR) is 83.5 cm³/mol. The van der Waals surface area contributed by atoms with E-state index in [4.69, 9.17) is 0 Å². The van der Waals surface area contributed by atoms with E-state index in [-0.39, 0.29) is 22.2 Å². The van der Waals surface area contributed by atoms with Gasteiger partial charge in [-0.25, -0.2) is 9.37 Å². The fourth-order valence-electron chi connectivity index (χ4n) is 1.49. The number of rotatable bonds is 3. The molecule has 19 heavy (non-hydrogen) atoms. The molecule has 0 aliphatic heterocycles. The smallest absolute Gasteiger partial charge is 0.240 e. The van der Waals surface area contributed by atoms with E-state index >= 15 is 0 Å². The number of halogens is 3. The van der Waals surface area contributed by atoms with Crippen LogP contribution in [0.2, 0.25) is 0 Å². The van der Waals surface area contributed by atoms with Crippen molar-refractivity contribution < 1.29 is 9.18 Å². The van der Waals surface area contributed by atoms with Crippen molar-refractivity contribution in [1.29, 1.82) is 0 Å². The van der Waals surface area contributed by atoms with Gasteiger partial charge in [0.05, 0.1) is 9.53 Å². The Labute approximate surface area is 130 Å². The van der Waals surface area contributed by atoms with Crippen molar-refractivity contribution in [1.82, 2.24) is 4.98 Å². The molecule has 1 aromatic carbocycles. The maximum absolute atomic E-state index is 13.7. The largest absolute Gasteiger partial charge is 0.301 e. The molecule has 1 N–H and O–H groups in total. The molecular formula is C12H11Br2FN2OS. The number of amides is 1. The highest BCUT2D eigenvalue weighted by molar-refractivity contribution is 9.10. The number of aromatic nitrogens is 1. The maximum atomic E-state index is 13.7. The van der Waals surface area contributed by atoms with E-state index in [2.05, 4.69) is 42.2 Å². The Balaban J connectivity index is 2.27. The first kappa shape index (κ1) is 14.9. The molecule has 7 heteroatoms. The van der Waals surface area contributed by atoms with Gasteiger partial charge in [0, 0.05) is 4.47 Å². The number of benzene rings is 1. The number of fused-ring (bicyclic) bond motifs is 1. The Hall–Kier alpha value is -0.530. The van der Waals surface area contributed by atoms with E-state index < -0.39 is 5.82 Å². The first-order chi connectivity index (χ1) is 8.88. The highest BCUT2D eigenvalue weighted by Gasteiger charge is 2.20. The molecule has 0 bridgehead atoms. The average Bonchev–Trinajstić information content (AvgIpc) is 2.70. The fraction of sp³-hybridized carbons (Fsp3) is 0.333. The summed E-state index contributed by atoms with van der Waals surface area (Å²) in [4.78, 5) is 15.7. The van der Waals surface area contributed by atoms with Gasteiger partial charge in [-0.2, -0.15) is 0 Å². The molecule has 3 nitrogen and oxygen atoms in total. The minimum atomic E-state index is -0.402. The second kappa shape index (κ2) is 5.85. The Morgan fingerprint density at radius 2 is 2.16 bits per heavy atom. The minimum Gasteiger partial charge on any atom is -0.301 e. The van der Waals surface area contributed by atoms with Gasteiger partial charge in [0.1, 0.15) is 5.52 Å². The highest BCUT2D eigenvalue weighted by atomic mass is 79.9. The summed E-state index contributed by atoms with van der Waals surface area (Å²) in [7, 11) is 0. The summed E-state index contributed by atoms with van der Waals surface area (Å²) in [5.74, 6) is -0.408. The Morgan fingerprint density at radius 3 is 2.79 bits per heavy atom. The Morgan fingerprint density at radius 1 is 1.47 bits per heavy atom. The quantitative estimate of drug-likeness (QED) is 0.755. The van der Waals surface area contributed by atoms with E-state index in [1.165, 1.54) is 17.4 Å². The van der Waals surface area contributed by atoms with E-state index in [9.17, 15) is 9.18 Å². The molecule has 0 radical (unpaired) electrons. The van der Waals surface area contributed by atoms with Crippen molar-refractivity contribution in [2.75, 3.05) is 5.32 Å². The molecule has 1 amide bonds. The van der Waals surface area contributed by atoms with Crippen molar-refractivity contribution in [2.45, 2.75) is 18.7 Å². The molecule has 2 rings (SSSR count).